The third-order valence-corrected chi connectivity index (χ3v) is 7.72. The molecule has 0 spiro atoms. The maximum Gasteiger partial charge on any atom is 0.318 e. The standard InChI is InChI=1S/C23H21F2N7O.C5H11N.C2H6/c1-33-23-30-19-14(22(31-23)32-9-12-5-6-13(10-32)28-12)8-27-21(18(19)25)20-17-11(7-16(26)29-20)3-2-4-15(17)24;1-6-4-2-3-5-6;1-2/h2-4,7-8,12-13,28H,5-6,9-10H2,1H3,(H2,26,29);2-5H2,1H3;1-2H3. The minimum atomic E-state index is -0.727. The quantitative estimate of drug-likeness (QED) is 0.363. The van der Waals surface area contributed by atoms with Crippen LogP contribution in [0.2, 0.25) is 0 Å². The van der Waals surface area contributed by atoms with Crippen LogP contribution in [0, 0.1) is 11.6 Å². The Kier molecular flexibility index (Phi) is 8.74. The third-order valence-electron chi connectivity index (χ3n) is 7.72. The molecule has 3 fully saturated rings. The van der Waals surface area contributed by atoms with Crippen molar-refractivity contribution < 1.29 is 13.5 Å². The number of likely N-dealkylation sites (tertiary alicyclic amines) is 1. The summed E-state index contributed by atoms with van der Waals surface area (Å²) in [5.74, 6) is -0.546. The summed E-state index contributed by atoms with van der Waals surface area (Å²) in [6.07, 6.45) is 6.53. The number of nitrogens with zero attached hydrogens (tertiary/aromatic N) is 6. The summed E-state index contributed by atoms with van der Waals surface area (Å²) in [4.78, 5) is 21.9. The first kappa shape index (κ1) is 28.8. The smallest absolute Gasteiger partial charge is 0.318 e. The molecule has 0 amide bonds. The average molecular weight is 565 g/mol. The van der Waals surface area contributed by atoms with Gasteiger partial charge in [-0.2, -0.15) is 9.97 Å². The normalized spacial score (nSPS) is 20.0. The number of nitrogens with two attached hydrogens (primary N) is 1. The van der Waals surface area contributed by atoms with Gasteiger partial charge in [-0.15, -0.1) is 0 Å². The van der Waals surface area contributed by atoms with E-state index >= 15 is 4.39 Å². The zero-order chi connectivity index (χ0) is 29.1. The van der Waals surface area contributed by atoms with Crippen molar-refractivity contribution in [2.45, 2.75) is 51.6 Å². The van der Waals surface area contributed by atoms with E-state index in [1.54, 1.807) is 18.2 Å². The second-order valence-corrected chi connectivity index (χ2v) is 10.5. The second-order valence-electron chi connectivity index (χ2n) is 10.5. The van der Waals surface area contributed by atoms with E-state index in [4.69, 9.17) is 10.5 Å². The van der Waals surface area contributed by atoms with Crippen molar-refractivity contribution in [3.8, 4) is 17.4 Å². The first-order valence-corrected chi connectivity index (χ1v) is 14.4. The maximum absolute atomic E-state index is 15.9. The summed E-state index contributed by atoms with van der Waals surface area (Å²) in [5, 5.41) is 4.70. The van der Waals surface area contributed by atoms with Crippen LogP contribution in [0.15, 0.2) is 30.5 Å². The Morgan fingerprint density at radius 1 is 1.00 bits per heavy atom. The van der Waals surface area contributed by atoms with E-state index in [0.717, 1.165) is 25.9 Å². The first-order valence-electron chi connectivity index (χ1n) is 14.4. The molecule has 9 nitrogen and oxygen atoms in total. The van der Waals surface area contributed by atoms with Crippen LogP contribution in [0.25, 0.3) is 33.1 Å². The first-order chi connectivity index (χ1) is 19.9. The maximum atomic E-state index is 15.9. The van der Waals surface area contributed by atoms with Gasteiger partial charge in [0.15, 0.2) is 5.82 Å². The van der Waals surface area contributed by atoms with Gasteiger partial charge in [0, 0.05) is 36.8 Å². The van der Waals surface area contributed by atoms with Crippen LogP contribution in [-0.4, -0.2) is 77.3 Å². The van der Waals surface area contributed by atoms with Crippen molar-refractivity contribution in [2.24, 2.45) is 0 Å². The Morgan fingerprint density at radius 3 is 2.34 bits per heavy atom. The number of hydrogen-bond acceptors (Lipinski definition) is 9. The molecule has 3 saturated heterocycles. The van der Waals surface area contributed by atoms with Gasteiger partial charge in [0.05, 0.1) is 12.5 Å². The number of rotatable bonds is 3. The van der Waals surface area contributed by atoms with E-state index in [9.17, 15) is 4.39 Å². The Balaban J connectivity index is 0.000000371. The zero-order valence-electron chi connectivity index (χ0n) is 24.1. The van der Waals surface area contributed by atoms with E-state index in [1.165, 1.54) is 45.3 Å². The number of nitrogens with one attached hydrogen (secondary N) is 1. The molecule has 0 aliphatic carbocycles. The predicted octanol–water partition coefficient (Wildman–Crippen LogP) is 4.79. The molecule has 2 unspecified atom stereocenters. The topological polar surface area (TPSA) is 105 Å². The lowest BCUT2D eigenvalue weighted by Gasteiger charge is -2.34. The van der Waals surface area contributed by atoms with Crippen LogP contribution in [-0.2, 0) is 0 Å². The highest BCUT2D eigenvalue weighted by molar-refractivity contribution is 5.98. The SMILES string of the molecule is CC.CN1CCCC1.COc1nc(N2CC3CCC(C2)N3)c2cnc(-c3nc(N)cc4cccc(F)c34)c(F)c2n1. The van der Waals surface area contributed by atoms with Gasteiger partial charge in [-0.05, 0) is 63.3 Å². The highest BCUT2D eigenvalue weighted by Crippen LogP contribution is 2.36. The number of ether oxygens (including phenoxy) is 1. The van der Waals surface area contributed by atoms with Gasteiger partial charge < -0.3 is 25.6 Å². The molecule has 1 aromatic carbocycles. The molecule has 7 rings (SSSR count). The Hall–Kier alpha value is -3.70. The highest BCUT2D eigenvalue weighted by Gasteiger charge is 2.34. The molecule has 2 atom stereocenters. The molecule has 0 radical (unpaired) electrons. The molecule has 11 heteroatoms. The lowest BCUT2D eigenvalue weighted by molar-refractivity contribution is 0.380. The van der Waals surface area contributed by atoms with E-state index in [1.807, 2.05) is 13.8 Å². The van der Waals surface area contributed by atoms with E-state index in [-0.39, 0.29) is 34.1 Å². The van der Waals surface area contributed by atoms with Crippen LogP contribution in [0.5, 0.6) is 6.01 Å². The van der Waals surface area contributed by atoms with Gasteiger partial charge in [0.1, 0.15) is 34.4 Å². The summed E-state index contributed by atoms with van der Waals surface area (Å²) in [5.41, 5.74) is 5.88. The number of hydrogen-bond donors (Lipinski definition) is 2. The molecule has 0 saturated carbocycles. The fourth-order valence-electron chi connectivity index (χ4n) is 5.82. The molecule has 3 aliphatic rings. The third kappa shape index (κ3) is 5.87. The predicted molar refractivity (Wildman–Crippen MR) is 159 cm³/mol. The van der Waals surface area contributed by atoms with Crippen molar-refractivity contribution >= 4 is 33.3 Å². The monoisotopic (exact) mass is 564 g/mol. The number of piperazine rings is 1. The van der Waals surface area contributed by atoms with Crippen LogP contribution in [0.3, 0.4) is 0 Å². The second kappa shape index (κ2) is 12.4. The lowest BCUT2D eigenvalue weighted by Crippen LogP contribution is -2.51. The minimum absolute atomic E-state index is 0.0295. The van der Waals surface area contributed by atoms with Crippen LogP contribution in [0.4, 0.5) is 20.4 Å². The van der Waals surface area contributed by atoms with Crippen LogP contribution >= 0.6 is 0 Å². The van der Waals surface area contributed by atoms with E-state index in [0.29, 0.717) is 28.7 Å². The summed E-state index contributed by atoms with van der Waals surface area (Å²) < 4.78 is 35.9. The van der Waals surface area contributed by atoms with Gasteiger partial charge in [0.2, 0.25) is 0 Å². The summed E-state index contributed by atoms with van der Waals surface area (Å²) in [6.45, 7) is 8.14. The number of halogens is 2. The van der Waals surface area contributed by atoms with Crippen molar-refractivity contribution in [1.29, 1.82) is 0 Å². The summed E-state index contributed by atoms with van der Waals surface area (Å²) in [7, 11) is 3.61. The molecule has 2 bridgehead atoms. The van der Waals surface area contributed by atoms with Gasteiger partial charge in [-0.3, -0.25) is 4.98 Å². The van der Waals surface area contributed by atoms with Crippen molar-refractivity contribution in [3.63, 3.8) is 0 Å². The van der Waals surface area contributed by atoms with E-state index in [2.05, 4.69) is 42.1 Å². The summed E-state index contributed by atoms with van der Waals surface area (Å²) in [6, 6.07) is 6.88. The van der Waals surface area contributed by atoms with Gasteiger partial charge >= 0.3 is 6.01 Å². The number of nitrogen functional groups attached to an aromatic ring is 1. The number of aromatic nitrogens is 4. The number of anilines is 2. The van der Waals surface area contributed by atoms with Gasteiger partial charge in [-0.1, -0.05) is 26.0 Å². The lowest BCUT2D eigenvalue weighted by atomic mass is 10.1. The van der Waals surface area contributed by atoms with Gasteiger partial charge in [-0.25, -0.2) is 13.8 Å². The molecule has 6 heterocycles. The number of methoxy groups -OCH3 is 1. The number of pyridine rings is 2. The molecule has 3 aliphatic heterocycles. The average Bonchev–Trinajstić information content (AvgIpc) is 3.60. The molecular formula is C30H38F2N8O. The van der Waals surface area contributed by atoms with Crippen LogP contribution < -0.4 is 20.7 Å². The number of fused-ring (bicyclic) bond motifs is 4. The largest absolute Gasteiger partial charge is 0.467 e. The van der Waals surface area contributed by atoms with Crippen molar-refractivity contribution in [1.82, 2.24) is 30.2 Å². The summed E-state index contributed by atoms with van der Waals surface area (Å²) >= 11 is 0. The molecular weight excluding hydrogens is 526 g/mol. The molecule has 41 heavy (non-hydrogen) atoms. The molecule has 218 valence electrons. The minimum Gasteiger partial charge on any atom is -0.467 e. The molecule has 4 aromatic rings. The number of benzene rings is 1. The zero-order valence-corrected chi connectivity index (χ0v) is 24.1. The fraction of sp³-hybridized carbons (Fsp3) is 0.467. The Labute approximate surface area is 239 Å². The Bertz CT molecular complexity index is 1520. The van der Waals surface area contributed by atoms with Gasteiger partial charge in [0.25, 0.3) is 0 Å². The van der Waals surface area contributed by atoms with Crippen molar-refractivity contribution in [3.05, 3.63) is 42.1 Å². The molecule has 3 N–H and O–H groups in total. The van der Waals surface area contributed by atoms with E-state index < -0.39 is 11.6 Å². The van der Waals surface area contributed by atoms with Crippen LogP contribution in [0.1, 0.15) is 39.5 Å². The highest BCUT2D eigenvalue weighted by atomic mass is 19.1. The molecule has 3 aromatic heterocycles. The Morgan fingerprint density at radius 2 is 1.71 bits per heavy atom. The van der Waals surface area contributed by atoms with Crippen molar-refractivity contribution in [2.75, 3.05) is 51.0 Å². The fourth-order valence-corrected chi connectivity index (χ4v) is 5.82.